The van der Waals surface area contributed by atoms with Crippen molar-refractivity contribution in [2.75, 3.05) is 27.4 Å². The monoisotopic (exact) mass is 574 g/mol. The summed E-state index contributed by atoms with van der Waals surface area (Å²) in [5.74, 6) is 0.154. The molecule has 0 aliphatic carbocycles. The van der Waals surface area contributed by atoms with E-state index in [4.69, 9.17) is 18.9 Å². The minimum absolute atomic E-state index is 0.257. The predicted octanol–water partition coefficient (Wildman–Crippen LogP) is 3.19. The Bertz CT molecular complexity index is 1250. The molecule has 0 saturated heterocycles. The van der Waals surface area contributed by atoms with Crippen LogP contribution in [0.2, 0.25) is 0 Å². The van der Waals surface area contributed by atoms with Gasteiger partial charge in [0.25, 0.3) is 5.91 Å². The number of ether oxygens (including phenoxy) is 4. The molecule has 0 unspecified atom stereocenters. The normalized spacial score (nSPS) is 15.1. The van der Waals surface area contributed by atoms with E-state index in [0.29, 0.717) is 34.9 Å². The van der Waals surface area contributed by atoms with Crippen LogP contribution in [0.4, 0.5) is 4.79 Å². The molecule has 1 atom stereocenters. The van der Waals surface area contributed by atoms with E-state index in [1.54, 1.807) is 31.2 Å². The van der Waals surface area contributed by atoms with Crippen LogP contribution in [-0.2, 0) is 14.3 Å². The molecule has 2 aromatic carbocycles. The first-order valence-corrected chi connectivity index (χ1v) is 12.0. The van der Waals surface area contributed by atoms with E-state index >= 15 is 0 Å². The molecule has 3 amide bonds. The Kier molecular flexibility index (Phi) is 9.50. The zero-order valence-electron chi connectivity index (χ0n) is 20.7. The number of benzene rings is 2. The number of esters is 1. The minimum Gasteiger partial charge on any atom is -0.493 e. The van der Waals surface area contributed by atoms with Gasteiger partial charge < -0.3 is 29.6 Å². The molecule has 0 bridgehead atoms. The smallest absolute Gasteiger partial charge is 0.337 e. The second kappa shape index (κ2) is 12.8. The summed E-state index contributed by atoms with van der Waals surface area (Å²) in [4.78, 5) is 36.6. The lowest BCUT2D eigenvalue weighted by molar-refractivity contribution is -0.136. The van der Waals surface area contributed by atoms with Crippen molar-refractivity contribution in [3.8, 4) is 17.2 Å². The summed E-state index contributed by atoms with van der Waals surface area (Å²) in [5, 5.41) is 9.24. The standard InChI is InChI=1S/C25H27BrN4O7/c1-5-36-18-9-7-17(26)10-16(18)12-27-30-21(31)13-37-19-8-6-15(11-20(19)34-3)23-22(24(32)35-4)14(2)28-25(33)29-23/h6-12,23H,5,13H2,1-4H3,(H,30,31)(H2,28,29,33)/b27-12-/t23-/m0/s1. The molecule has 1 heterocycles. The van der Waals surface area contributed by atoms with Gasteiger partial charge in [-0.05, 0) is 49.7 Å². The van der Waals surface area contributed by atoms with Gasteiger partial charge in [0.15, 0.2) is 18.1 Å². The number of methoxy groups -OCH3 is 2. The second-order valence-electron chi connectivity index (χ2n) is 7.67. The highest BCUT2D eigenvalue weighted by Gasteiger charge is 2.32. The maximum absolute atomic E-state index is 12.3. The highest BCUT2D eigenvalue weighted by Crippen LogP contribution is 2.34. The summed E-state index contributed by atoms with van der Waals surface area (Å²) in [6.07, 6.45) is 1.48. The van der Waals surface area contributed by atoms with E-state index in [0.717, 1.165) is 4.47 Å². The van der Waals surface area contributed by atoms with E-state index in [9.17, 15) is 14.4 Å². The van der Waals surface area contributed by atoms with Crippen molar-refractivity contribution in [1.29, 1.82) is 0 Å². The Morgan fingerprint density at radius 1 is 1.11 bits per heavy atom. The fraction of sp³-hybridized carbons (Fsp3) is 0.280. The number of rotatable bonds is 10. The highest BCUT2D eigenvalue weighted by molar-refractivity contribution is 9.10. The summed E-state index contributed by atoms with van der Waals surface area (Å²) in [6, 6.07) is 9.10. The lowest BCUT2D eigenvalue weighted by atomic mass is 9.95. The summed E-state index contributed by atoms with van der Waals surface area (Å²) in [7, 11) is 2.70. The van der Waals surface area contributed by atoms with Crippen molar-refractivity contribution in [3.05, 3.63) is 63.3 Å². The van der Waals surface area contributed by atoms with Gasteiger partial charge in [-0.25, -0.2) is 15.0 Å². The Labute approximate surface area is 222 Å². The van der Waals surface area contributed by atoms with Crippen LogP contribution in [0, 0.1) is 0 Å². The van der Waals surface area contributed by atoms with Crippen molar-refractivity contribution in [3.63, 3.8) is 0 Å². The molecule has 11 nitrogen and oxygen atoms in total. The summed E-state index contributed by atoms with van der Waals surface area (Å²) < 4.78 is 22.3. The number of hydrogen-bond donors (Lipinski definition) is 3. The number of carbonyl (C=O) groups excluding carboxylic acids is 3. The summed E-state index contributed by atoms with van der Waals surface area (Å²) in [5.41, 5.74) is 4.30. The van der Waals surface area contributed by atoms with Crippen molar-refractivity contribution in [1.82, 2.24) is 16.1 Å². The van der Waals surface area contributed by atoms with Crippen molar-refractivity contribution in [2.45, 2.75) is 19.9 Å². The summed E-state index contributed by atoms with van der Waals surface area (Å²) >= 11 is 3.40. The predicted molar refractivity (Wildman–Crippen MR) is 139 cm³/mol. The average Bonchev–Trinajstić information content (AvgIpc) is 2.88. The number of nitrogens with zero attached hydrogens (tertiary/aromatic N) is 1. The fourth-order valence-electron chi connectivity index (χ4n) is 3.56. The average molecular weight is 575 g/mol. The highest BCUT2D eigenvalue weighted by atomic mass is 79.9. The zero-order valence-corrected chi connectivity index (χ0v) is 22.3. The molecule has 2 aromatic rings. The first-order chi connectivity index (χ1) is 17.8. The lowest BCUT2D eigenvalue weighted by Crippen LogP contribution is -2.45. The lowest BCUT2D eigenvalue weighted by Gasteiger charge is -2.28. The molecule has 0 spiro atoms. The van der Waals surface area contributed by atoms with E-state index in [1.807, 2.05) is 19.1 Å². The number of allylic oxidation sites excluding steroid dienone is 1. The minimum atomic E-state index is -0.763. The number of carbonyl (C=O) groups is 3. The molecule has 3 rings (SSSR count). The van der Waals surface area contributed by atoms with E-state index in [2.05, 4.69) is 37.1 Å². The number of nitrogens with one attached hydrogen (secondary N) is 3. The van der Waals surface area contributed by atoms with Crippen molar-refractivity contribution in [2.24, 2.45) is 5.10 Å². The van der Waals surface area contributed by atoms with Crippen LogP contribution in [0.15, 0.2) is 57.2 Å². The largest absolute Gasteiger partial charge is 0.493 e. The van der Waals surface area contributed by atoms with Gasteiger partial charge in [-0.15, -0.1) is 0 Å². The Morgan fingerprint density at radius 2 is 1.86 bits per heavy atom. The maximum Gasteiger partial charge on any atom is 0.337 e. The fourth-order valence-corrected chi connectivity index (χ4v) is 3.94. The third-order valence-corrected chi connectivity index (χ3v) is 5.71. The van der Waals surface area contributed by atoms with Gasteiger partial charge in [-0.3, -0.25) is 4.79 Å². The van der Waals surface area contributed by atoms with Crippen molar-refractivity contribution < 1.29 is 33.3 Å². The molecular formula is C25H27BrN4O7. The topological polar surface area (TPSA) is 137 Å². The molecule has 0 fully saturated rings. The van der Waals surface area contributed by atoms with E-state index < -0.39 is 23.9 Å². The molecule has 37 heavy (non-hydrogen) atoms. The number of hydrogen-bond acceptors (Lipinski definition) is 8. The van der Waals surface area contributed by atoms with Crippen molar-refractivity contribution >= 4 is 40.1 Å². The number of amides is 3. The maximum atomic E-state index is 12.3. The van der Waals surface area contributed by atoms with E-state index in [1.165, 1.54) is 20.4 Å². The van der Waals surface area contributed by atoms with Crippen LogP contribution in [-0.4, -0.2) is 51.6 Å². The van der Waals surface area contributed by atoms with Gasteiger partial charge in [0, 0.05) is 15.7 Å². The van der Waals surface area contributed by atoms with Gasteiger partial charge in [-0.1, -0.05) is 22.0 Å². The second-order valence-corrected chi connectivity index (χ2v) is 8.58. The number of hydrazone groups is 1. The number of halogens is 1. The van der Waals surface area contributed by atoms with Crippen LogP contribution in [0.3, 0.4) is 0 Å². The number of urea groups is 1. The summed E-state index contributed by atoms with van der Waals surface area (Å²) in [6.45, 7) is 3.65. The quantitative estimate of drug-likeness (QED) is 0.225. The van der Waals surface area contributed by atoms with Crippen LogP contribution >= 0.6 is 15.9 Å². The molecule has 12 heteroatoms. The van der Waals surface area contributed by atoms with Gasteiger partial charge in [0.1, 0.15) is 5.75 Å². The van der Waals surface area contributed by atoms with Crippen LogP contribution < -0.4 is 30.3 Å². The molecule has 1 aliphatic rings. The third-order valence-electron chi connectivity index (χ3n) is 5.22. The Hall–Kier alpha value is -4.06. The molecular weight excluding hydrogens is 548 g/mol. The van der Waals surface area contributed by atoms with Gasteiger partial charge in [0.2, 0.25) is 0 Å². The first kappa shape index (κ1) is 27.5. The molecule has 1 aliphatic heterocycles. The van der Waals surface area contributed by atoms with Gasteiger partial charge in [0.05, 0.1) is 38.7 Å². The van der Waals surface area contributed by atoms with Gasteiger partial charge in [-0.2, -0.15) is 5.10 Å². The molecule has 0 saturated carbocycles. The van der Waals surface area contributed by atoms with Crippen LogP contribution in [0.5, 0.6) is 17.2 Å². The molecule has 0 aromatic heterocycles. The SMILES string of the molecule is CCOc1ccc(Br)cc1/C=N\NC(=O)COc1ccc([C@@H]2NC(=O)NC(C)=C2C(=O)OC)cc1OC. The molecule has 3 N–H and O–H groups in total. The van der Waals surface area contributed by atoms with Crippen LogP contribution in [0.25, 0.3) is 0 Å². The third kappa shape index (κ3) is 7.00. The molecule has 0 radical (unpaired) electrons. The van der Waals surface area contributed by atoms with Gasteiger partial charge >= 0.3 is 12.0 Å². The zero-order chi connectivity index (χ0) is 26.9. The Balaban J connectivity index is 1.68. The molecule has 196 valence electrons. The first-order valence-electron chi connectivity index (χ1n) is 11.2. The van der Waals surface area contributed by atoms with E-state index in [-0.39, 0.29) is 17.9 Å². The Morgan fingerprint density at radius 3 is 2.57 bits per heavy atom. The van der Waals surface area contributed by atoms with Crippen LogP contribution in [0.1, 0.15) is 31.0 Å².